The Bertz CT molecular complexity index is 1060. The number of H-pyrrole nitrogens is 1. The molecule has 0 fully saturated rings. The number of hydrogen-bond acceptors (Lipinski definition) is 5. The second kappa shape index (κ2) is 8.40. The number of nitrogens with zero attached hydrogens (tertiary/aromatic N) is 1. The van der Waals surface area contributed by atoms with Gasteiger partial charge < -0.3 is 14.5 Å². The van der Waals surface area contributed by atoms with Gasteiger partial charge in [-0.3, -0.25) is 25.0 Å². The van der Waals surface area contributed by atoms with Crippen LogP contribution in [0.5, 0.6) is 11.5 Å². The number of nitrogens with one attached hydrogen (secondary N) is 3. The van der Waals surface area contributed by atoms with Crippen molar-refractivity contribution in [3.8, 4) is 17.2 Å². The van der Waals surface area contributed by atoms with E-state index in [4.69, 9.17) is 21.7 Å². The third kappa shape index (κ3) is 3.89. The minimum atomic E-state index is -0.523. The van der Waals surface area contributed by atoms with Crippen LogP contribution in [0.2, 0.25) is 0 Å². The molecular formula is C19H18N4O4S. The van der Waals surface area contributed by atoms with E-state index in [0.29, 0.717) is 21.8 Å². The summed E-state index contributed by atoms with van der Waals surface area (Å²) in [5.74, 6) is -0.123. The standard InChI is InChI=1S/C19H18N4O4S/c1-26-15-9-8-12(10-16(15)27-2)17(24)21-22-18(25)14-11-20-19(28)23(14)13-6-4-3-5-7-13/h3-11H,1-2H3,(H,20,28)(H,21,24)(H,22,25). The number of aromatic amines is 1. The van der Waals surface area contributed by atoms with Gasteiger partial charge in [0.05, 0.1) is 14.2 Å². The number of methoxy groups -OCH3 is 2. The maximum Gasteiger partial charge on any atom is 0.288 e. The zero-order valence-corrected chi connectivity index (χ0v) is 16.0. The largest absolute Gasteiger partial charge is 0.493 e. The fraction of sp³-hybridized carbons (Fsp3) is 0.105. The van der Waals surface area contributed by atoms with E-state index in [-0.39, 0.29) is 5.69 Å². The summed E-state index contributed by atoms with van der Waals surface area (Å²) < 4.78 is 12.3. The molecule has 0 saturated carbocycles. The number of imidazole rings is 1. The van der Waals surface area contributed by atoms with Crippen molar-refractivity contribution in [3.63, 3.8) is 0 Å². The molecule has 9 heteroatoms. The molecule has 0 bridgehead atoms. The Hall–Kier alpha value is -3.59. The molecule has 3 rings (SSSR count). The number of para-hydroxylation sites is 1. The van der Waals surface area contributed by atoms with Crippen molar-refractivity contribution in [1.29, 1.82) is 0 Å². The van der Waals surface area contributed by atoms with Crippen LogP contribution >= 0.6 is 12.2 Å². The first-order valence-corrected chi connectivity index (χ1v) is 8.64. The van der Waals surface area contributed by atoms with Crippen molar-refractivity contribution in [2.45, 2.75) is 0 Å². The number of amides is 2. The summed E-state index contributed by atoms with van der Waals surface area (Å²) >= 11 is 5.25. The third-order valence-electron chi connectivity index (χ3n) is 3.96. The Kier molecular flexibility index (Phi) is 5.75. The lowest BCUT2D eigenvalue weighted by Gasteiger charge is -2.11. The highest BCUT2D eigenvalue weighted by molar-refractivity contribution is 7.71. The zero-order chi connectivity index (χ0) is 20.1. The second-order valence-corrected chi connectivity index (χ2v) is 6.01. The molecule has 2 aromatic carbocycles. The fourth-order valence-corrected chi connectivity index (χ4v) is 2.86. The number of ether oxygens (including phenoxy) is 2. The second-order valence-electron chi connectivity index (χ2n) is 5.63. The van der Waals surface area contributed by atoms with Gasteiger partial charge in [0.2, 0.25) is 0 Å². The van der Waals surface area contributed by atoms with Crippen molar-refractivity contribution in [2.24, 2.45) is 0 Å². The maximum atomic E-state index is 12.6. The first-order chi connectivity index (χ1) is 13.5. The van der Waals surface area contributed by atoms with Crippen molar-refractivity contribution in [1.82, 2.24) is 20.4 Å². The Labute approximate surface area is 166 Å². The molecular weight excluding hydrogens is 380 g/mol. The smallest absolute Gasteiger partial charge is 0.288 e. The van der Waals surface area contributed by atoms with E-state index < -0.39 is 11.8 Å². The topological polar surface area (TPSA) is 97.4 Å². The molecule has 0 spiro atoms. The number of carbonyl (C=O) groups is 2. The minimum Gasteiger partial charge on any atom is -0.493 e. The summed E-state index contributed by atoms with van der Waals surface area (Å²) in [5.41, 5.74) is 6.05. The van der Waals surface area contributed by atoms with Crippen LogP contribution in [0.15, 0.2) is 54.7 Å². The highest BCUT2D eigenvalue weighted by Crippen LogP contribution is 2.27. The van der Waals surface area contributed by atoms with Crippen molar-refractivity contribution in [2.75, 3.05) is 14.2 Å². The molecule has 0 unspecified atom stereocenters. The Morgan fingerprint density at radius 3 is 2.32 bits per heavy atom. The predicted octanol–water partition coefficient (Wildman–Crippen LogP) is 2.63. The quantitative estimate of drug-likeness (QED) is 0.453. The van der Waals surface area contributed by atoms with Gasteiger partial charge in [-0.05, 0) is 42.5 Å². The molecule has 0 aliphatic rings. The normalized spacial score (nSPS) is 10.2. The number of hydrogen-bond donors (Lipinski definition) is 3. The summed E-state index contributed by atoms with van der Waals surface area (Å²) in [7, 11) is 2.98. The Morgan fingerprint density at radius 1 is 0.964 bits per heavy atom. The van der Waals surface area contributed by atoms with Gasteiger partial charge in [-0.15, -0.1) is 0 Å². The van der Waals surface area contributed by atoms with Crippen LogP contribution in [0, 0.1) is 4.77 Å². The van der Waals surface area contributed by atoms with E-state index in [1.807, 2.05) is 30.3 Å². The van der Waals surface area contributed by atoms with Crippen LogP contribution < -0.4 is 20.3 Å². The van der Waals surface area contributed by atoms with Crippen molar-refractivity contribution < 1.29 is 19.1 Å². The monoisotopic (exact) mass is 398 g/mol. The van der Waals surface area contributed by atoms with Crippen molar-refractivity contribution >= 4 is 24.0 Å². The average molecular weight is 398 g/mol. The molecule has 0 saturated heterocycles. The van der Waals surface area contributed by atoms with Crippen LogP contribution in [-0.2, 0) is 0 Å². The van der Waals surface area contributed by atoms with Crippen LogP contribution in [0.4, 0.5) is 0 Å². The predicted molar refractivity (Wildman–Crippen MR) is 105 cm³/mol. The molecule has 28 heavy (non-hydrogen) atoms. The average Bonchev–Trinajstić information content (AvgIpc) is 3.13. The number of benzene rings is 2. The van der Waals surface area contributed by atoms with Gasteiger partial charge in [-0.25, -0.2) is 0 Å². The summed E-state index contributed by atoms with van der Waals surface area (Å²) in [4.78, 5) is 27.7. The molecule has 1 heterocycles. The summed E-state index contributed by atoms with van der Waals surface area (Å²) in [6.45, 7) is 0. The number of rotatable bonds is 5. The molecule has 0 aliphatic heterocycles. The van der Waals surface area contributed by atoms with E-state index in [9.17, 15) is 9.59 Å². The number of carbonyl (C=O) groups excluding carboxylic acids is 2. The summed E-state index contributed by atoms with van der Waals surface area (Å²) in [5, 5.41) is 0. The lowest BCUT2D eigenvalue weighted by atomic mass is 10.2. The molecule has 3 aromatic rings. The lowest BCUT2D eigenvalue weighted by molar-refractivity contribution is 0.0842. The van der Waals surface area contributed by atoms with Gasteiger partial charge in [0.15, 0.2) is 16.3 Å². The van der Waals surface area contributed by atoms with Gasteiger partial charge in [-0.1, -0.05) is 18.2 Å². The third-order valence-corrected chi connectivity index (χ3v) is 4.26. The van der Waals surface area contributed by atoms with Gasteiger partial charge in [0, 0.05) is 17.4 Å². The molecule has 8 nitrogen and oxygen atoms in total. The van der Waals surface area contributed by atoms with E-state index in [1.165, 1.54) is 26.5 Å². The maximum absolute atomic E-state index is 12.6. The Balaban J connectivity index is 1.75. The SMILES string of the molecule is COc1ccc(C(=O)NNC(=O)c2c[nH]c(=S)n2-c2ccccc2)cc1OC. The number of aromatic nitrogens is 2. The highest BCUT2D eigenvalue weighted by atomic mass is 32.1. The molecule has 3 N–H and O–H groups in total. The molecule has 2 amide bonds. The van der Waals surface area contributed by atoms with Crippen LogP contribution in [-0.4, -0.2) is 35.6 Å². The molecule has 0 radical (unpaired) electrons. The molecule has 0 aliphatic carbocycles. The van der Waals surface area contributed by atoms with Gasteiger partial charge in [0.25, 0.3) is 11.8 Å². The first-order valence-electron chi connectivity index (χ1n) is 8.23. The first kappa shape index (κ1) is 19.2. The van der Waals surface area contributed by atoms with Gasteiger partial charge >= 0.3 is 0 Å². The van der Waals surface area contributed by atoms with Gasteiger partial charge in [-0.2, -0.15) is 0 Å². The van der Waals surface area contributed by atoms with E-state index in [1.54, 1.807) is 16.7 Å². The summed E-state index contributed by atoms with van der Waals surface area (Å²) in [6.07, 6.45) is 1.48. The molecule has 1 aromatic heterocycles. The van der Waals surface area contributed by atoms with E-state index in [0.717, 1.165) is 5.69 Å². The fourth-order valence-electron chi connectivity index (χ4n) is 2.60. The zero-order valence-electron chi connectivity index (χ0n) is 15.2. The van der Waals surface area contributed by atoms with Crippen LogP contribution in [0.25, 0.3) is 5.69 Å². The lowest BCUT2D eigenvalue weighted by Crippen LogP contribution is -2.42. The van der Waals surface area contributed by atoms with Crippen LogP contribution in [0.1, 0.15) is 20.8 Å². The van der Waals surface area contributed by atoms with E-state index >= 15 is 0 Å². The summed E-state index contributed by atoms with van der Waals surface area (Å²) in [6, 6.07) is 13.9. The van der Waals surface area contributed by atoms with Crippen molar-refractivity contribution in [3.05, 3.63) is 70.8 Å². The molecule has 0 atom stereocenters. The highest BCUT2D eigenvalue weighted by Gasteiger charge is 2.16. The van der Waals surface area contributed by atoms with E-state index in [2.05, 4.69) is 15.8 Å². The molecule has 144 valence electrons. The minimum absolute atomic E-state index is 0.254. The van der Waals surface area contributed by atoms with Crippen LogP contribution in [0.3, 0.4) is 0 Å². The number of hydrazine groups is 1. The van der Waals surface area contributed by atoms with Gasteiger partial charge in [0.1, 0.15) is 5.69 Å². The Morgan fingerprint density at radius 2 is 1.64 bits per heavy atom.